The van der Waals surface area contributed by atoms with Crippen LogP contribution in [0.2, 0.25) is 26.6 Å². The van der Waals surface area contributed by atoms with Crippen LogP contribution in [-0.2, 0) is 25.7 Å². The molecule has 8 atom stereocenters. The third-order valence-electron chi connectivity index (χ3n) is 25.6. The van der Waals surface area contributed by atoms with Crippen molar-refractivity contribution in [1.82, 2.24) is 0 Å². The van der Waals surface area contributed by atoms with Crippen LogP contribution in [0.25, 0.3) is 34.1 Å². The molecule has 8 unspecified atom stereocenters. The molecule has 0 aliphatic carbocycles. The van der Waals surface area contributed by atoms with E-state index < -0.39 is 36.8 Å². The van der Waals surface area contributed by atoms with Crippen molar-refractivity contribution in [3.8, 4) is 47.5 Å². The molecule has 28 heteroatoms. The Kier molecular flexibility index (Phi) is 80.1. The van der Waals surface area contributed by atoms with Gasteiger partial charge in [-0.1, -0.05) is 169 Å². The van der Waals surface area contributed by atoms with Gasteiger partial charge in [0, 0.05) is 24.4 Å². The molecule has 6 heterocycles. The number of hydrogen-bond donors (Lipinski definition) is 0. The second-order valence-corrected chi connectivity index (χ2v) is 128. The van der Waals surface area contributed by atoms with E-state index in [4.69, 9.17) is 17.1 Å². The molecule has 0 aliphatic rings. The van der Waals surface area contributed by atoms with E-state index in [-0.39, 0.29) is 41.9 Å². The first-order valence-corrected chi connectivity index (χ1v) is 97.4. The molecule has 736 valence electrons. The van der Waals surface area contributed by atoms with Crippen molar-refractivity contribution < 1.29 is 0 Å². The van der Waals surface area contributed by atoms with E-state index in [1.165, 1.54) is 389 Å². The van der Waals surface area contributed by atoms with Crippen LogP contribution in [0.3, 0.4) is 0 Å². The molecular weight excluding hydrogens is 2300 g/mol. The first-order valence-electron chi connectivity index (χ1n) is 51.4. The summed E-state index contributed by atoms with van der Waals surface area (Å²) in [5.41, 5.74) is 8.51. The summed E-state index contributed by atoms with van der Waals surface area (Å²) < 4.78 is 15.0. The summed E-state index contributed by atoms with van der Waals surface area (Å²) >= 11 is 12.8. The summed E-state index contributed by atoms with van der Waals surface area (Å²) in [4.78, 5) is 14.7. The fraction of sp³-hybridized carbons (Fsp3) is 0.725. The van der Waals surface area contributed by atoms with Crippen molar-refractivity contribution in [3.63, 3.8) is 0 Å². The van der Waals surface area contributed by atoms with Gasteiger partial charge in [-0.15, -0.1) is 105 Å². The number of nitriles is 3. The Morgan fingerprint density at radius 3 is 0.792 bits per heavy atom. The van der Waals surface area contributed by atoms with Gasteiger partial charge >= 0.3 is 359 Å². The van der Waals surface area contributed by atoms with Crippen LogP contribution in [0.15, 0.2) is 31.8 Å². The third kappa shape index (κ3) is 50.0. The second-order valence-electron chi connectivity index (χ2n) is 36.6. The maximum absolute atomic E-state index is 9.99. The average molecular weight is 2490 g/mol. The molecule has 6 rings (SSSR count). The van der Waals surface area contributed by atoms with Gasteiger partial charge in [0.1, 0.15) is 12.1 Å². The van der Waals surface area contributed by atoms with Crippen LogP contribution < -0.4 is 5.79 Å². The number of aryl methyl sites for hydroxylation is 6. The molecule has 0 bridgehead atoms. The number of hydrogen-bond acceptors (Lipinski definition) is 9. The first-order chi connectivity index (χ1) is 63.0. The zero-order valence-electron chi connectivity index (χ0n) is 83.4. The summed E-state index contributed by atoms with van der Waals surface area (Å²) in [6.07, 6.45) is 77.9. The number of nitrogens with zero attached hydrogens (tertiary/aromatic N) is 4. The molecule has 0 saturated heterocycles. The van der Waals surface area contributed by atoms with Crippen molar-refractivity contribution in [2.75, 3.05) is 0 Å². The monoisotopic (exact) mass is 2480 g/mol. The number of rotatable bonds is 72. The quantitative estimate of drug-likeness (QED) is 0.0165. The van der Waals surface area contributed by atoms with Gasteiger partial charge in [0.2, 0.25) is 5.69 Å². The van der Waals surface area contributed by atoms with Crippen LogP contribution in [0.4, 0.5) is 5.69 Å². The van der Waals surface area contributed by atoms with Gasteiger partial charge in [-0.05, 0) is 137 Å². The van der Waals surface area contributed by atoms with Gasteiger partial charge in [-0.2, -0.15) is 27.1 Å². The Morgan fingerprint density at radius 2 is 0.538 bits per heavy atom. The van der Waals surface area contributed by atoms with Crippen LogP contribution in [0.1, 0.15) is 452 Å². The molecule has 6 aromatic rings. The maximum atomic E-state index is 9.99. The van der Waals surface area contributed by atoms with Gasteiger partial charge < -0.3 is 0 Å². The Hall–Kier alpha value is 4.74. The van der Waals surface area contributed by atoms with E-state index in [1.54, 1.807) is 38.0 Å². The zero-order chi connectivity index (χ0) is 95.8. The fourth-order valence-corrected chi connectivity index (χ4v) is 213. The Balaban J connectivity index is 0.000000538. The molecule has 130 heavy (non-hydrogen) atoms. The van der Waals surface area contributed by atoms with Crippen molar-refractivity contribution in [2.24, 2.45) is 0 Å². The normalized spacial score (nSPS) is 11.8. The molecule has 0 amide bonds. The van der Waals surface area contributed by atoms with Gasteiger partial charge in [0.15, 0.2) is 0 Å². The second kappa shape index (κ2) is 80.8. The van der Waals surface area contributed by atoms with Gasteiger partial charge in [0.05, 0.1) is 41.8 Å². The van der Waals surface area contributed by atoms with Crippen molar-refractivity contribution in [3.05, 3.63) is 92.0 Å². The number of halogens is 2. The predicted octanol–water partition coefficient (Wildman–Crippen LogP) is 46.5. The van der Waals surface area contributed by atoms with Crippen LogP contribution in [0, 0.1) is 54.4 Å². The van der Waals surface area contributed by atoms with Crippen LogP contribution in [-0.4, -0.2) is 36.8 Å². The molecular formula is C102H180Br2N4P14S6Sn2. The minimum Gasteiger partial charge on any atom is -0.236 e. The summed E-state index contributed by atoms with van der Waals surface area (Å²) in [5, 5.41) is 27.2. The molecule has 0 fully saturated rings. The Morgan fingerprint density at radius 1 is 0.300 bits per heavy atom. The fourth-order valence-electron chi connectivity index (χ4n) is 17.9. The van der Waals surface area contributed by atoms with Gasteiger partial charge in [0.25, 0.3) is 0 Å². The van der Waals surface area contributed by atoms with Crippen LogP contribution >= 0.6 is 213 Å². The summed E-state index contributed by atoms with van der Waals surface area (Å²) in [5.74, 6) is 0. The number of unbranched alkanes of at least 4 members (excludes halogenated alkanes) is 42. The van der Waals surface area contributed by atoms with E-state index in [0.29, 0.717) is 30.0 Å². The molecule has 0 spiro atoms. The van der Waals surface area contributed by atoms with E-state index in [2.05, 4.69) is 237 Å². The van der Waals surface area contributed by atoms with Crippen molar-refractivity contribution in [2.45, 2.75) is 469 Å². The predicted molar refractivity (Wildman–Crippen MR) is 659 cm³/mol. The van der Waals surface area contributed by atoms with Gasteiger partial charge in [-0.25, -0.2) is 4.85 Å². The minimum atomic E-state index is -2.58. The molecule has 0 radical (unpaired) electrons. The standard InChI is InChI=1S/C40H58N2S3.C32H52S2.C6Br2N2S.6C4H9.H16P14.2Sn/c1-6-8-10-12-14-16-18-20-22-24-26-33-28-31(3)43-38(33)39-34(27-25-23-21-19-17-15-13-11-9-7-2)29-36(45-39)40-35(30-41)37(42-5)32(4)44-40;1-3-5-7-9-11-13-15-17-19-21-23-29-25-27-33-31(29)32-30(26-28-34-32)24-22-20-18-16-14-12-10-8-6-4-2;7-5-3(1-9)4(2-10)6(8)11-5;6*1-3-4-2;1-9(2)13(10(3)4)14(11(5)6)12(7)8;;/h28-29H,6-27H2,1-4H3;25-26H,3-24H2,1-2H3;;6*1,3-4H2,2H3;1-8H2;;. The third-order valence-corrected chi connectivity index (χ3v) is 150. The molecule has 6 aromatic heterocycles. The van der Waals surface area contributed by atoms with Crippen LogP contribution in [0.5, 0.6) is 0 Å². The average Bonchev–Trinajstić information content (AvgIpc) is 1.65. The van der Waals surface area contributed by atoms with E-state index in [0.717, 1.165) is 22.6 Å². The molecule has 0 N–H and O–H groups in total. The first kappa shape index (κ1) is 129. The van der Waals surface area contributed by atoms with Crippen molar-refractivity contribution >= 4 is 261 Å². The molecule has 4 nitrogen and oxygen atoms in total. The Bertz CT molecular complexity index is 3870. The Labute approximate surface area is 875 Å². The topological polar surface area (TPSA) is 75.7 Å². The van der Waals surface area contributed by atoms with E-state index in [9.17, 15) is 5.26 Å². The molecule has 0 saturated carbocycles. The molecule has 0 aliphatic heterocycles. The van der Waals surface area contributed by atoms with Gasteiger partial charge in [-0.3, -0.25) is 0 Å². The number of thiophene rings is 6. The SMILES string of the molecule is CCCCCCCCCCCCc1c[c]([Sn]([CH2]CCC)([CH2]CCC)[CH2]CCC)sc1-c1s[c]([Sn]([CH2]CCC)([CH2]CCC)[CH2]CCC)cc1CCCCCCCCCCCC.N#Cc1c(Br)sc(Br)c1C#N.PP(P)P(P(P)P)P(P(P)P)P(P)P.[C-]#[N+]c1c(C)sc(-c2cc(CCCCCCCCCCCC)c(-c3sc(C)cc3CCCCCCCCCCCC)s2)c1C#N. The minimum absolute atomic E-state index is 0.0856. The summed E-state index contributed by atoms with van der Waals surface area (Å²) in [6.45, 7) is 36.7. The van der Waals surface area contributed by atoms with E-state index in [1.807, 2.05) is 68.4 Å². The summed E-state index contributed by atoms with van der Waals surface area (Å²) in [6, 6.07) is 17.0. The van der Waals surface area contributed by atoms with E-state index >= 15 is 0 Å². The zero-order valence-corrected chi connectivity index (χ0v) is 112. The van der Waals surface area contributed by atoms with Crippen molar-refractivity contribution in [1.29, 1.82) is 15.8 Å². The summed E-state index contributed by atoms with van der Waals surface area (Å²) in [7, 11) is 24.4. The smallest absolute Gasteiger partial charge is 0.236 e. The molecule has 0 aromatic carbocycles.